The van der Waals surface area contributed by atoms with E-state index in [9.17, 15) is 4.79 Å². The number of thiophene rings is 1. The smallest absolute Gasteiger partial charge is 0.240 e. The van der Waals surface area contributed by atoms with E-state index in [1.165, 1.54) is 17.7 Å². The van der Waals surface area contributed by atoms with Gasteiger partial charge < -0.3 is 15.8 Å². The molecular formula is C21H35N3O2S. The van der Waals surface area contributed by atoms with E-state index in [0.717, 1.165) is 19.0 Å². The molecule has 3 atom stereocenters. The van der Waals surface area contributed by atoms with Crippen molar-refractivity contribution in [2.24, 2.45) is 17.1 Å². The van der Waals surface area contributed by atoms with Crippen molar-refractivity contribution in [3.63, 3.8) is 0 Å². The summed E-state index contributed by atoms with van der Waals surface area (Å²) in [4.78, 5) is 16.8. The molecule has 6 heteroatoms. The first kappa shape index (κ1) is 20.8. The molecule has 1 saturated heterocycles. The second-order valence-corrected chi connectivity index (χ2v) is 9.78. The van der Waals surface area contributed by atoms with Gasteiger partial charge in [0, 0.05) is 29.9 Å². The van der Waals surface area contributed by atoms with Gasteiger partial charge in [-0.25, -0.2) is 0 Å². The zero-order valence-corrected chi connectivity index (χ0v) is 18.0. The highest BCUT2D eigenvalue weighted by molar-refractivity contribution is 7.10. The third-order valence-corrected chi connectivity index (χ3v) is 7.80. The topological polar surface area (TPSA) is 67.6 Å². The molecule has 152 valence electrons. The zero-order chi connectivity index (χ0) is 19.7. The van der Waals surface area contributed by atoms with Crippen LogP contribution < -0.4 is 11.1 Å². The Kier molecular flexibility index (Phi) is 6.31. The highest BCUT2D eigenvalue weighted by Gasteiger charge is 2.62. The Morgan fingerprint density at radius 2 is 2.15 bits per heavy atom. The third-order valence-electron chi connectivity index (χ3n) is 6.82. The number of hydrogen-bond donors (Lipinski definition) is 2. The fourth-order valence-corrected chi connectivity index (χ4v) is 5.26. The van der Waals surface area contributed by atoms with Gasteiger partial charge in [0.2, 0.25) is 5.91 Å². The monoisotopic (exact) mass is 393 g/mol. The number of nitrogens with one attached hydrogen (secondary N) is 1. The lowest BCUT2D eigenvalue weighted by atomic mass is 9.54. The summed E-state index contributed by atoms with van der Waals surface area (Å²) in [6.45, 7) is 11.8. The van der Waals surface area contributed by atoms with E-state index >= 15 is 0 Å². The fraction of sp³-hybridized carbons (Fsp3) is 0.762. The van der Waals surface area contributed by atoms with Crippen LogP contribution in [0.15, 0.2) is 17.5 Å². The summed E-state index contributed by atoms with van der Waals surface area (Å²) in [5.74, 6) is 0.744. The van der Waals surface area contributed by atoms with Crippen LogP contribution in [0.4, 0.5) is 0 Å². The number of nitrogens with two attached hydrogens (primary N) is 1. The van der Waals surface area contributed by atoms with Crippen LogP contribution in [0.25, 0.3) is 0 Å². The van der Waals surface area contributed by atoms with Crippen molar-refractivity contribution >= 4 is 17.2 Å². The maximum atomic E-state index is 13.0. The number of nitrogens with zero attached hydrogens (tertiary/aromatic N) is 1. The largest absolute Gasteiger partial charge is 0.378 e. The molecule has 0 spiro atoms. The molecular weight excluding hydrogens is 358 g/mol. The number of carbonyl (C=O) groups excluding carboxylic acids is 1. The van der Waals surface area contributed by atoms with Gasteiger partial charge in [0.1, 0.15) is 5.54 Å². The van der Waals surface area contributed by atoms with Crippen LogP contribution in [0.2, 0.25) is 0 Å². The summed E-state index contributed by atoms with van der Waals surface area (Å²) < 4.78 is 5.76. The normalized spacial score (nSPS) is 29.9. The first-order chi connectivity index (χ1) is 12.8. The quantitative estimate of drug-likeness (QED) is 0.747. The molecule has 1 aromatic rings. The van der Waals surface area contributed by atoms with Crippen LogP contribution in [0, 0.1) is 11.3 Å². The summed E-state index contributed by atoms with van der Waals surface area (Å²) in [6.07, 6.45) is 3.08. The van der Waals surface area contributed by atoms with Crippen LogP contribution in [-0.2, 0) is 9.53 Å². The van der Waals surface area contributed by atoms with Gasteiger partial charge in [-0.2, -0.15) is 0 Å². The molecule has 0 aromatic carbocycles. The van der Waals surface area contributed by atoms with E-state index in [1.807, 2.05) is 20.8 Å². The predicted molar refractivity (Wildman–Crippen MR) is 111 cm³/mol. The standard InChI is InChI=1S/C21H35N3O2S/c1-5-26-18-13-21(22,20(18,3)4)19(25)23-14-16(17-7-6-12-27-17)24-10-8-15(2)9-11-24/h6-7,12,15-16,18H,5,8-11,13-14,22H2,1-4H3,(H,23,25). The van der Waals surface area contributed by atoms with E-state index in [1.54, 1.807) is 11.3 Å². The Morgan fingerprint density at radius 1 is 1.44 bits per heavy atom. The number of piperidine rings is 1. The molecule has 2 fully saturated rings. The summed E-state index contributed by atoms with van der Waals surface area (Å²) >= 11 is 1.77. The molecule has 0 bridgehead atoms. The van der Waals surface area contributed by atoms with Crippen molar-refractivity contribution in [2.45, 2.75) is 64.6 Å². The van der Waals surface area contributed by atoms with Crippen LogP contribution in [0.1, 0.15) is 57.9 Å². The van der Waals surface area contributed by atoms with Gasteiger partial charge in [0.05, 0.1) is 12.1 Å². The Bertz CT molecular complexity index is 625. The Morgan fingerprint density at radius 3 is 2.70 bits per heavy atom. The predicted octanol–water partition coefficient (Wildman–Crippen LogP) is 3.17. The summed E-state index contributed by atoms with van der Waals surface area (Å²) in [5, 5.41) is 5.30. The number of rotatable bonds is 7. The molecule has 3 unspecified atom stereocenters. The number of hydrogen-bond acceptors (Lipinski definition) is 5. The van der Waals surface area contributed by atoms with Crippen LogP contribution in [-0.4, -0.2) is 48.7 Å². The molecule has 0 radical (unpaired) electrons. The second kappa shape index (κ2) is 8.19. The van der Waals surface area contributed by atoms with Crippen LogP contribution in [0.5, 0.6) is 0 Å². The molecule has 1 aromatic heterocycles. The SMILES string of the molecule is CCOC1CC(N)(C(=O)NCC(c2cccs2)N2CCC(C)CC2)C1(C)C. The van der Waals surface area contributed by atoms with Crippen molar-refractivity contribution in [3.8, 4) is 0 Å². The minimum absolute atomic E-state index is 0.0459. The number of amides is 1. The second-order valence-electron chi connectivity index (χ2n) is 8.80. The first-order valence-corrected chi connectivity index (χ1v) is 11.1. The zero-order valence-electron chi connectivity index (χ0n) is 17.2. The summed E-state index contributed by atoms with van der Waals surface area (Å²) in [5.41, 5.74) is 5.33. The van der Waals surface area contributed by atoms with Gasteiger partial charge in [-0.05, 0) is 50.2 Å². The van der Waals surface area contributed by atoms with Crippen LogP contribution >= 0.6 is 11.3 Å². The van der Waals surface area contributed by atoms with Gasteiger partial charge in [-0.3, -0.25) is 9.69 Å². The number of likely N-dealkylation sites (tertiary alicyclic amines) is 1. The average Bonchev–Trinajstić information content (AvgIpc) is 3.17. The molecule has 1 amide bonds. The van der Waals surface area contributed by atoms with E-state index in [4.69, 9.17) is 10.5 Å². The minimum Gasteiger partial charge on any atom is -0.378 e. The lowest BCUT2D eigenvalue weighted by Gasteiger charge is -2.57. The van der Waals surface area contributed by atoms with E-state index in [2.05, 4.69) is 34.7 Å². The Hall–Kier alpha value is -0.950. The lowest BCUT2D eigenvalue weighted by Crippen LogP contribution is -2.76. The van der Waals surface area contributed by atoms with Gasteiger partial charge in [0.15, 0.2) is 0 Å². The first-order valence-electron chi connectivity index (χ1n) is 10.3. The van der Waals surface area contributed by atoms with Crippen molar-refractivity contribution in [2.75, 3.05) is 26.2 Å². The maximum absolute atomic E-state index is 13.0. The molecule has 1 aliphatic carbocycles. The van der Waals surface area contributed by atoms with Crippen molar-refractivity contribution < 1.29 is 9.53 Å². The van der Waals surface area contributed by atoms with Gasteiger partial charge in [-0.15, -0.1) is 11.3 Å². The van der Waals surface area contributed by atoms with Crippen molar-refractivity contribution in [1.82, 2.24) is 10.2 Å². The molecule has 5 nitrogen and oxygen atoms in total. The minimum atomic E-state index is -0.858. The molecule has 2 aliphatic rings. The van der Waals surface area contributed by atoms with Gasteiger partial charge in [-0.1, -0.05) is 26.8 Å². The van der Waals surface area contributed by atoms with Crippen LogP contribution in [0.3, 0.4) is 0 Å². The fourth-order valence-electron chi connectivity index (χ4n) is 4.40. The third kappa shape index (κ3) is 3.95. The molecule has 2 heterocycles. The van der Waals surface area contributed by atoms with E-state index in [0.29, 0.717) is 19.6 Å². The summed E-state index contributed by atoms with van der Waals surface area (Å²) in [6, 6.07) is 4.50. The average molecular weight is 394 g/mol. The van der Waals surface area contributed by atoms with E-state index < -0.39 is 5.54 Å². The molecule has 3 N–H and O–H groups in total. The highest BCUT2D eigenvalue weighted by atomic mass is 32.1. The molecule has 1 saturated carbocycles. The number of ether oxygens (including phenoxy) is 1. The van der Waals surface area contributed by atoms with Gasteiger partial charge in [0.25, 0.3) is 0 Å². The maximum Gasteiger partial charge on any atom is 0.240 e. The molecule has 1 aliphatic heterocycles. The highest BCUT2D eigenvalue weighted by Crippen LogP contribution is 2.49. The van der Waals surface area contributed by atoms with Crippen molar-refractivity contribution in [3.05, 3.63) is 22.4 Å². The molecule has 27 heavy (non-hydrogen) atoms. The van der Waals surface area contributed by atoms with E-state index in [-0.39, 0.29) is 23.5 Å². The van der Waals surface area contributed by atoms with Crippen molar-refractivity contribution in [1.29, 1.82) is 0 Å². The summed E-state index contributed by atoms with van der Waals surface area (Å²) in [7, 11) is 0. The van der Waals surface area contributed by atoms with Gasteiger partial charge >= 0.3 is 0 Å². The Balaban J connectivity index is 1.64. The molecule has 3 rings (SSSR count). The lowest BCUT2D eigenvalue weighted by molar-refractivity contribution is -0.170. The number of carbonyl (C=O) groups is 1. The Labute approximate surface area is 167 Å².